The fourth-order valence-electron chi connectivity index (χ4n) is 3.00. The van der Waals surface area contributed by atoms with Gasteiger partial charge in [0.15, 0.2) is 5.82 Å². The van der Waals surface area contributed by atoms with E-state index in [0.717, 1.165) is 39.8 Å². The van der Waals surface area contributed by atoms with Gasteiger partial charge in [-0.15, -0.1) is 0 Å². The Morgan fingerprint density at radius 1 is 1.15 bits per heavy atom. The van der Waals surface area contributed by atoms with Crippen molar-refractivity contribution in [2.24, 2.45) is 0 Å². The predicted octanol–water partition coefficient (Wildman–Crippen LogP) is 3.91. The van der Waals surface area contributed by atoms with E-state index >= 15 is 0 Å². The van der Waals surface area contributed by atoms with Gasteiger partial charge in [-0.3, -0.25) is 4.98 Å². The molecule has 1 N–H and O–H groups in total. The molecule has 7 nitrogen and oxygen atoms in total. The van der Waals surface area contributed by atoms with Crippen LogP contribution in [0.5, 0.6) is 0 Å². The predicted molar refractivity (Wildman–Crippen MR) is 104 cm³/mol. The summed E-state index contributed by atoms with van der Waals surface area (Å²) in [4.78, 5) is 13.6. The maximum atomic E-state index is 5.38. The van der Waals surface area contributed by atoms with E-state index in [1.165, 1.54) is 0 Å². The molecule has 0 spiro atoms. The Morgan fingerprint density at radius 2 is 2.04 bits per heavy atom. The number of hydrogen-bond donors (Lipinski definition) is 1. The third-order valence-electron chi connectivity index (χ3n) is 4.36. The van der Waals surface area contributed by atoms with Crippen LogP contribution in [0.1, 0.15) is 42.7 Å². The third kappa shape index (κ3) is 3.67. The topological polar surface area (TPSA) is 81.7 Å². The largest absolute Gasteiger partial charge is 0.362 e. The first-order valence-electron chi connectivity index (χ1n) is 9.03. The number of nitrogens with one attached hydrogen (secondary N) is 1. The minimum absolute atomic E-state index is 0.315. The number of aryl methyl sites for hydroxylation is 1. The van der Waals surface area contributed by atoms with Gasteiger partial charge in [0, 0.05) is 24.4 Å². The van der Waals surface area contributed by atoms with E-state index in [9.17, 15) is 0 Å². The quantitative estimate of drug-likeness (QED) is 0.560. The Balaban J connectivity index is 1.63. The molecule has 0 atom stereocenters. The Bertz CT molecular complexity index is 1050. The van der Waals surface area contributed by atoms with Crippen molar-refractivity contribution < 1.29 is 4.52 Å². The van der Waals surface area contributed by atoms with Gasteiger partial charge in [-0.05, 0) is 25.1 Å². The average molecular weight is 362 g/mol. The zero-order valence-corrected chi connectivity index (χ0v) is 15.7. The minimum atomic E-state index is 0.315. The van der Waals surface area contributed by atoms with Crippen molar-refractivity contribution in [3.63, 3.8) is 0 Å². The summed E-state index contributed by atoms with van der Waals surface area (Å²) >= 11 is 0. The van der Waals surface area contributed by atoms with Gasteiger partial charge in [0.2, 0.25) is 0 Å². The summed E-state index contributed by atoms with van der Waals surface area (Å²) < 4.78 is 7.49. The Hall–Kier alpha value is -3.22. The van der Waals surface area contributed by atoms with Crippen molar-refractivity contribution >= 4 is 16.9 Å². The smallest absolute Gasteiger partial charge is 0.154 e. The summed E-state index contributed by atoms with van der Waals surface area (Å²) in [5.74, 6) is 2.71. The molecule has 0 saturated heterocycles. The van der Waals surface area contributed by atoms with Gasteiger partial charge in [0.05, 0.1) is 24.3 Å². The molecule has 0 amide bonds. The lowest BCUT2D eigenvalue weighted by atomic mass is 10.1. The molecule has 27 heavy (non-hydrogen) atoms. The number of hydrogen-bond acceptors (Lipinski definition) is 6. The van der Waals surface area contributed by atoms with Gasteiger partial charge >= 0.3 is 0 Å². The molecule has 0 saturated carbocycles. The Labute approximate surface area is 157 Å². The SMILES string of the molecule is Cc1nc(NCc2cc(C(C)C)on2)c2c(ccn2Cc2ccccn2)n1. The van der Waals surface area contributed by atoms with Crippen molar-refractivity contribution in [1.29, 1.82) is 0 Å². The summed E-state index contributed by atoms with van der Waals surface area (Å²) in [5.41, 5.74) is 3.70. The number of anilines is 1. The number of pyridine rings is 1. The van der Waals surface area contributed by atoms with Gasteiger partial charge in [0.25, 0.3) is 0 Å². The minimum Gasteiger partial charge on any atom is -0.362 e. The molecule has 0 aromatic carbocycles. The number of fused-ring (bicyclic) bond motifs is 1. The highest BCUT2D eigenvalue weighted by Gasteiger charge is 2.13. The molecule has 0 aliphatic carbocycles. The second-order valence-electron chi connectivity index (χ2n) is 6.85. The summed E-state index contributed by atoms with van der Waals surface area (Å²) in [6, 6.07) is 9.91. The molecule has 4 aromatic heterocycles. The van der Waals surface area contributed by atoms with E-state index in [1.54, 1.807) is 6.20 Å². The van der Waals surface area contributed by atoms with E-state index in [4.69, 9.17) is 4.52 Å². The molecule has 0 aliphatic heterocycles. The fourth-order valence-corrected chi connectivity index (χ4v) is 3.00. The number of nitrogens with zero attached hydrogens (tertiary/aromatic N) is 5. The van der Waals surface area contributed by atoms with Gasteiger partial charge in [-0.2, -0.15) is 0 Å². The van der Waals surface area contributed by atoms with Crippen LogP contribution < -0.4 is 5.32 Å². The summed E-state index contributed by atoms with van der Waals surface area (Å²) in [5, 5.41) is 7.53. The molecular weight excluding hydrogens is 340 g/mol. The fraction of sp³-hybridized carbons (Fsp3) is 0.300. The second-order valence-corrected chi connectivity index (χ2v) is 6.85. The highest BCUT2D eigenvalue weighted by Crippen LogP contribution is 2.23. The lowest BCUT2D eigenvalue weighted by Gasteiger charge is -2.10. The van der Waals surface area contributed by atoms with Gasteiger partial charge in [-0.25, -0.2) is 9.97 Å². The van der Waals surface area contributed by atoms with Crippen LogP contribution in [0.25, 0.3) is 11.0 Å². The maximum Gasteiger partial charge on any atom is 0.154 e. The number of rotatable bonds is 6. The van der Waals surface area contributed by atoms with Crippen LogP contribution in [0.2, 0.25) is 0 Å². The molecular formula is C20H22N6O. The lowest BCUT2D eigenvalue weighted by molar-refractivity contribution is 0.366. The first-order chi connectivity index (χ1) is 13.1. The highest BCUT2D eigenvalue weighted by molar-refractivity contribution is 5.86. The third-order valence-corrected chi connectivity index (χ3v) is 4.36. The molecule has 4 rings (SSSR count). The van der Waals surface area contributed by atoms with E-state index in [1.807, 2.05) is 43.5 Å². The van der Waals surface area contributed by atoms with Crippen LogP contribution in [0.15, 0.2) is 47.2 Å². The first kappa shape index (κ1) is 17.2. The van der Waals surface area contributed by atoms with Crippen LogP contribution in [0, 0.1) is 6.92 Å². The van der Waals surface area contributed by atoms with Crippen molar-refractivity contribution in [3.05, 3.63) is 65.7 Å². The van der Waals surface area contributed by atoms with Crippen molar-refractivity contribution in [2.45, 2.75) is 39.8 Å². The molecule has 4 aromatic rings. The van der Waals surface area contributed by atoms with E-state index < -0.39 is 0 Å². The summed E-state index contributed by atoms with van der Waals surface area (Å²) in [7, 11) is 0. The monoisotopic (exact) mass is 362 g/mol. The molecule has 0 radical (unpaired) electrons. The Kier molecular flexibility index (Phi) is 4.58. The van der Waals surface area contributed by atoms with Crippen molar-refractivity contribution in [1.82, 2.24) is 24.7 Å². The molecule has 138 valence electrons. The van der Waals surface area contributed by atoms with Gasteiger partial charge in [-0.1, -0.05) is 25.1 Å². The summed E-state index contributed by atoms with van der Waals surface area (Å²) in [6.45, 7) is 7.26. The maximum absolute atomic E-state index is 5.38. The Morgan fingerprint density at radius 3 is 2.78 bits per heavy atom. The van der Waals surface area contributed by atoms with E-state index in [0.29, 0.717) is 19.0 Å². The van der Waals surface area contributed by atoms with Crippen LogP contribution >= 0.6 is 0 Å². The zero-order valence-electron chi connectivity index (χ0n) is 15.7. The molecule has 0 unspecified atom stereocenters. The summed E-state index contributed by atoms with van der Waals surface area (Å²) in [6.07, 6.45) is 3.82. The van der Waals surface area contributed by atoms with Crippen LogP contribution in [0.3, 0.4) is 0 Å². The standard InChI is InChI=1S/C20H22N6O/c1-13(2)18-10-16(25-27-18)11-22-20-19-17(23-14(3)24-20)7-9-26(19)12-15-6-4-5-8-21-15/h4-10,13H,11-12H2,1-3H3,(H,22,23,24). The molecule has 0 bridgehead atoms. The van der Waals surface area contributed by atoms with E-state index in [-0.39, 0.29) is 0 Å². The molecule has 7 heteroatoms. The van der Waals surface area contributed by atoms with Gasteiger partial charge < -0.3 is 14.4 Å². The zero-order chi connectivity index (χ0) is 18.8. The second kappa shape index (κ2) is 7.19. The van der Waals surface area contributed by atoms with Crippen LogP contribution in [0.4, 0.5) is 5.82 Å². The van der Waals surface area contributed by atoms with E-state index in [2.05, 4.69) is 43.8 Å². The molecule has 0 fully saturated rings. The van der Waals surface area contributed by atoms with Crippen molar-refractivity contribution in [3.8, 4) is 0 Å². The first-order valence-corrected chi connectivity index (χ1v) is 9.03. The van der Waals surface area contributed by atoms with Crippen LogP contribution in [-0.2, 0) is 13.1 Å². The lowest BCUT2D eigenvalue weighted by Crippen LogP contribution is -2.08. The average Bonchev–Trinajstić information content (AvgIpc) is 3.28. The van der Waals surface area contributed by atoms with Gasteiger partial charge in [0.1, 0.15) is 22.8 Å². The van der Waals surface area contributed by atoms with Crippen molar-refractivity contribution in [2.75, 3.05) is 5.32 Å². The molecule has 4 heterocycles. The normalized spacial score (nSPS) is 11.4. The number of aromatic nitrogens is 5. The highest BCUT2D eigenvalue weighted by atomic mass is 16.5. The van der Waals surface area contributed by atoms with Crippen LogP contribution in [-0.4, -0.2) is 24.7 Å². The molecule has 0 aliphatic rings.